The van der Waals surface area contributed by atoms with E-state index >= 15 is 0 Å². The van der Waals surface area contributed by atoms with E-state index in [9.17, 15) is 8.42 Å². The molecule has 18 heavy (non-hydrogen) atoms. The number of aryl methyl sites for hydroxylation is 2. The van der Waals surface area contributed by atoms with Gasteiger partial charge in [-0.25, -0.2) is 8.42 Å². The van der Waals surface area contributed by atoms with Gasteiger partial charge >= 0.3 is 0 Å². The van der Waals surface area contributed by atoms with Crippen LogP contribution in [-0.2, 0) is 10.0 Å². The standard InChI is InChI=1S/C12H14N2O2S2/c1-8-6-10(13)11(7-9(8)2)14-18(15,16)12-4-3-5-17-12/h3-7,14H,13H2,1-2H3. The van der Waals surface area contributed by atoms with Crippen LogP contribution in [0.4, 0.5) is 11.4 Å². The lowest BCUT2D eigenvalue weighted by atomic mass is 10.1. The normalized spacial score (nSPS) is 11.4. The van der Waals surface area contributed by atoms with Crippen molar-refractivity contribution < 1.29 is 8.42 Å². The van der Waals surface area contributed by atoms with Crippen molar-refractivity contribution in [1.29, 1.82) is 0 Å². The van der Waals surface area contributed by atoms with Crippen LogP contribution in [0.15, 0.2) is 33.9 Å². The lowest BCUT2D eigenvalue weighted by Gasteiger charge is -2.11. The number of nitrogens with one attached hydrogen (secondary N) is 1. The zero-order chi connectivity index (χ0) is 13.3. The molecule has 0 bridgehead atoms. The number of rotatable bonds is 3. The first-order valence-corrected chi connectivity index (χ1v) is 7.69. The van der Waals surface area contributed by atoms with Crippen LogP contribution in [0.1, 0.15) is 11.1 Å². The highest BCUT2D eigenvalue weighted by Gasteiger charge is 2.16. The molecule has 1 heterocycles. The second kappa shape index (κ2) is 4.62. The Morgan fingerprint density at radius 1 is 1.22 bits per heavy atom. The first-order chi connectivity index (χ1) is 8.40. The zero-order valence-electron chi connectivity index (χ0n) is 10.1. The van der Waals surface area contributed by atoms with Crippen molar-refractivity contribution in [1.82, 2.24) is 0 Å². The number of thiophene rings is 1. The molecule has 2 rings (SSSR count). The fourth-order valence-corrected chi connectivity index (χ4v) is 3.61. The van der Waals surface area contributed by atoms with E-state index in [1.165, 1.54) is 11.3 Å². The summed E-state index contributed by atoms with van der Waals surface area (Å²) >= 11 is 1.17. The van der Waals surface area contributed by atoms with E-state index in [0.717, 1.165) is 11.1 Å². The van der Waals surface area contributed by atoms with Gasteiger partial charge in [-0.15, -0.1) is 11.3 Å². The second-order valence-electron chi connectivity index (χ2n) is 4.06. The lowest BCUT2D eigenvalue weighted by Crippen LogP contribution is -2.13. The van der Waals surface area contributed by atoms with Gasteiger partial charge in [0.15, 0.2) is 0 Å². The molecule has 3 N–H and O–H groups in total. The lowest BCUT2D eigenvalue weighted by molar-refractivity contribution is 0.603. The summed E-state index contributed by atoms with van der Waals surface area (Å²) in [4.78, 5) is 0. The van der Waals surface area contributed by atoms with Gasteiger partial charge in [0.2, 0.25) is 0 Å². The Labute approximate surface area is 111 Å². The van der Waals surface area contributed by atoms with Gasteiger partial charge in [0, 0.05) is 0 Å². The van der Waals surface area contributed by atoms with Crippen LogP contribution < -0.4 is 10.5 Å². The summed E-state index contributed by atoms with van der Waals surface area (Å²) in [6.45, 7) is 3.85. The van der Waals surface area contributed by atoms with Crippen LogP contribution >= 0.6 is 11.3 Å². The Kier molecular flexibility index (Phi) is 3.32. The molecule has 0 unspecified atom stereocenters. The Balaban J connectivity index is 2.39. The van der Waals surface area contributed by atoms with Gasteiger partial charge < -0.3 is 5.73 Å². The summed E-state index contributed by atoms with van der Waals surface area (Å²) in [6.07, 6.45) is 0. The quantitative estimate of drug-likeness (QED) is 0.850. The second-order valence-corrected chi connectivity index (χ2v) is 6.92. The first-order valence-electron chi connectivity index (χ1n) is 5.33. The molecule has 2 aromatic rings. The molecule has 0 aliphatic heterocycles. The van der Waals surface area contributed by atoms with E-state index in [1.54, 1.807) is 29.6 Å². The predicted octanol–water partition coefficient (Wildman–Crippen LogP) is 2.75. The summed E-state index contributed by atoms with van der Waals surface area (Å²) in [6, 6.07) is 6.77. The number of anilines is 2. The van der Waals surface area contributed by atoms with Crippen molar-refractivity contribution in [2.45, 2.75) is 18.1 Å². The molecule has 6 heteroatoms. The van der Waals surface area contributed by atoms with Gasteiger partial charge in [-0.2, -0.15) is 0 Å². The van der Waals surface area contributed by atoms with Crippen molar-refractivity contribution in [3.05, 3.63) is 40.8 Å². The molecule has 0 saturated heterocycles. The van der Waals surface area contributed by atoms with E-state index in [-0.39, 0.29) is 4.21 Å². The third-order valence-corrected chi connectivity index (χ3v) is 5.43. The number of nitrogen functional groups attached to an aromatic ring is 1. The Morgan fingerprint density at radius 3 is 2.50 bits per heavy atom. The molecule has 0 radical (unpaired) electrons. The van der Waals surface area contributed by atoms with Crippen molar-refractivity contribution in [3.8, 4) is 0 Å². The molecule has 1 aromatic heterocycles. The minimum absolute atomic E-state index is 0.278. The predicted molar refractivity (Wildman–Crippen MR) is 75.5 cm³/mol. The number of sulfonamides is 1. The number of hydrogen-bond acceptors (Lipinski definition) is 4. The average molecular weight is 282 g/mol. The molecule has 0 fully saturated rings. The van der Waals surface area contributed by atoms with E-state index in [4.69, 9.17) is 5.73 Å². The van der Waals surface area contributed by atoms with Gasteiger partial charge in [0.25, 0.3) is 10.0 Å². The van der Waals surface area contributed by atoms with E-state index < -0.39 is 10.0 Å². The number of nitrogens with two attached hydrogens (primary N) is 1. The van der Waals surface area contributed by atoms with Gasteiger partial charge in [-0.1, -0.05) is 6.07 Å². The van der Waals surface area contributed by atoms with Crippen molar-refractivity contribution in [3.63, 3.8) is 0 Å². The smallest absolute Gasteiger partial charge is 0.271 e. The maximum atomic E-state index is 12.1. The van der Waals surface area contributed by atoms with E-state index in [1.807, 2.05) is 13.8 Å². The fourth-order valence-electron chi connectivity index (χ4n) is 1.54. The number of benzene rings is 1. The fraction of sp³-hybridized carbons (Fsp3) is 0.167. The molecule has 0 spiro atoms. The first kappa shape index (κ1) is 12.9. The zero-order valence-corrected chi connectivity index (χ0v) is 11.7. The van der Waals surface area contributed by atoms with Gasteiger partial charge in [0.1, 0.15) is 4.21 Å². The molecule has 1 aromatic carbocycles. The molecule has 0 aliphatic rings. The highest BCUT2D eigenvalue weighted by Crippen LogP contribution is 2.26. The maximum Gasteiger partial charge on any atom is 0.271 e. The van der Waals surface area contributed by atoms with Gasteiger partial charge in [-0.05, 0) is 48.6 Å². The average Bonchev–Trinajstić information content (AvgIpc) is 2.79. The number of hydrogen-bond donors (Lipinski definition) is 2. The van der Waals surface area contributed by atoms with Gasteiger partial charge in [-0.3, -0.25) is 4.72 Å². The summed E-state index contributed by atoms with van der Waals surface area (Å²) in [5, 5.41) is 1.72. The van der Waals surface area contributed by atoms with Crippen LogP contribution in [0.5, 0.6) is 0 Å². The van der Waals surface area contributed by atoms with E-state index in [0.29, 0.717) is 11.4 Å². The largest absolute Gasteiger partial charge is 0.397 e. The van der Waals surface area contributed by atoms with Crippen molar-refractivity contribution >= 4 is 32.7 Å². The molecule has 0 amide bonds. The molecular weight excluding hydrogens is 268 g/mol. The van der Waals surface area contributed by atoms with Crippen LogP contribution in [-0.4, -0.2) is 8.42 Å². The highest BCUT2D eigenvalue weighted by atomic mass is 32.2. The van der Waals surface area contributed by atoms with Crippen LogP contribution in [0.25, 0.3) is 0 Å². The summed E-state index contributed by atoms with van der Waals surface area (Å²) < 4.78 is 26.9. The van der Waals surface area contributed by atoms with Crippen LogP contribution in [0, 0.1) is 13.8 Å². The Bertz CT molecular complexity index is 662. The molecule has 0 atom stereocenters. The summed E-state index contributed by atoms with van der Waals surface area (Å²) in [7, 11) is -3.53. The van der Waals surface area contributed by atoms with Crippen LogP contribution in [0.3, 0.4) is 0 Å². The molecular formula is C12H14N2O2S2. The SMILES string of the molecule is Cc1cc(N)c(NS(=O)(=O)c2cccs2)cc1C. The molecule has 4 nitrogen and oxygen atoms in total. The molecule has 0 aliphatic carbocycles. The Morgan fingerprint density at radius 2 is 1.89 bits per heavy atom. The maximum absolute atomic E-state index is 12.1. The topological polar surface area (TPSA) is 72.2 Å². The minimum Gasteiger partial charge on any atom is -0.397 e. The van der Waals surface area contributed by atoms with E-state index in [2.05, 4.69) is 4.72 Å². The molecule has 0 saturated carbocycles. The Hall–Kier alpha value is -1.53. The van der Waals surface area contributed by atoms with Crippen molar-refractivity contribution in [2.24, 2.45) is 0 Å². The van der Waals surface area contributed by atoms with Gasteiger partial charge in [0.05, 0.1) is 11.4 Å². The van der Waals surface area contributed by atoms with Crippen LogP contribution in [0.2, 0.25) is 0 Å². The monoisotopic (exact) mass is 282 g/mol. The molecule has 96 valence electrons. The third kappa shape index (κ3) is 2.49. The third-order valence-electron chi connectivity index (χ3n) is 2.67. The highest BCUT2D eigenvalue weighted by molar-refractivity contribution is 7.94. The summed E-state index contributed by atoms with van der Waals surface area (Å²) in [5.41, 5.74) is 8.71. The van der Waals surface area contributed by atoms with Crippen molar-refractivity contribution in [2.75, 3.05) is 10.5 Å². The minimum atomic E-state index is -3.53. The summed E-state index contributed by atoms with van der Waals surface area (Å²) in [5.74, 6) is 0.